The van der Waals surface area contributed by atoms with Crippen molar-refractivity contribution < 1.29 is 29.7 Å². The van der Waals surface area contributed by atoms with Crippen LogP contribution in [0.15, 0.2) is 54.6 Å². The van der Waals surface area contributed by atoms with Crippen molar-refractivity contribution in [2.75, 3.05) is 0 Å². The number of hydrogen-bond acceptors (Lipinski definition) is 3. The van der Waals surface area contributed by atoms with E-state index in [1.165, 1.54) is 24.3 Å². The van der Waals surface area contributed by atoms with Crippen LogP contribution in [0, 0.1) is 0 Å². The Bertz CT molecular complexity index is 621. The number of hydrogen-bond donors (Lipinski definition) is 3. The topological polar surface area (TPSA) is 112 Å². The molecule has 0 fully saturated rings. The van der Waals surface area contributed by atoms with E-state index in [0.29, 0.717) is 5.56 Å². The first-order chi connectivity index (χ1) is 9.93. The summed E-state index contributed by atoms with van der Waals surface area (Å²) in [5.74, 6) is -3.34. The molecule has 0 aliphatic heterocycles. The Hall–Kier alpha value is -2.15. The van der Waals surface area contributed by atoms with Crippen LogP contribution in [0.5, 0.6) is 0 Å². The van der Waals surface area contributed by atoms with E-state index in [1.54, 1.807) is 30.3 Å². The van der Waals surface area contributed by atoms with Crippen LogP contribution in [-0.4, -0.2) is 62.8 Å². The van der Waals surface area contributed by atoms with Gasteiger partial charge < -0.3 is 15.3 Å². The van der Waals surface area contributed by atoms with Crippen LogP contribution in [0.25, 0.3) is 0 Å². The molecule has 0 amide bonds. The molecule has 0 radical (unpaired) electrons. The average Bonchev–Trinajstić information content (AvgIpc) is 2.48. The number of carbonyl (C=O) groups is 3. The van der Waals surface area contributed by atoms with Gasteiger partial charge in [0.05, 0.1) is 16.7 Å². The predicted molar refractivity (Wildman–Crippen MR) is 80.9 cm³/mol. The van der Waals surface area contributed by atoms with Crippen LogP contribution in [0.3, 0.4) is 0 Å². The van der Waals surface area contributed by atoms with E-state index in [0.717, 1.165) is 0 Å². The Balaban J connectivity index is 0.000000397. The third-order valence-electron chi connectivity index (χ3n) is 2.41. The molecule has 0 aromatic heterocycles. The second-order valence-electron chi connectivity index (χ2n) is 3.83. The maximum atomic E-state index is 10.5. The molecule has 0 aliphatic carbocycles. The van der Waals surface area contributed by atoms with E-state index in [2.05, 4.69) is 0 Å². The predicted octanol–water partition coefficient (Wildman–Crippen LogP) is 1.82. The molecule has 7 heteroatoms. The van der Waals surface area contributed by atoms with E-state index in [1.807, 2.05) is 0 Å². The molecule has 0 bridgehead atoms. The molecule has 22 heavy (non-hydrogen) atoms. The zero-order valence-electron chi connectivity index (χ0n) is 10.8. The summed E-state index contributed by atoms with van der Waals surface area (Å²) in [5, 5.41) is 25.5. The normalized spacial score (nSPS) is 8.73. The van der Waals surface area contributed by atoms with E-state index >= 15 is 0 Å². The van der Waals surface area contributed by atoms with Crippen molar-refractivity contribution in [2.24, 2.45) is 0 Å². The van der Waals surface area contributed by atoms with Crippen LogP contribution >= 0.6 is 0 Å². The first kappa shape index (κ1) is 19.9. The van der Waals surface area contributed by atoms with Gasteiger partial charge in [-0.25, -0.2) is 14.4 Å². The molecule has 0 spiro atoms. The SMILES string of the molecule is O=C(O)c1ccccc1.O=C(O)c1ccccc1C(=O)O.[NaH]. The Labute approximate surface area is 148 Å². The monoisotopic (exact) mass is 312 g/mol. The van der Waals surface area contributed by atoms with Gasteiger partial charge in [-0.3, -0.25) is 0 Å². The molecule has 110 valence electrons. The number of carboxylic acids is 3. The molecule has 2 rings (SSSR count). The van der Waals surface area contributed by atoms with Gasteiger partial charge in [-0.05, 0) is 24.3 Å². The van der Waals surface area contributed by atoms with Gasteiger partial charge in [0.15, 0.2) is 0 Å². The summed E-state index contributed by atoms with van der Waals surface area (Å²) in [6.07, 6.45) is 0. The second-order valence-corrected chi connectivity index (χ2v) is 3.83. The second kappa shape index (κ2) is 9.73. The molecular weight excluding hydrogens is 299 g/mol. The van der Waals surface area contributed by atoms with Gasteiger partial charge in [0.1, 0.15) is 0 Å². The first-order valence-electron chi connectivity index (χ1n) is 5.77. The van der Waals surface area contributed by atoms with E-state index in [-0.39, 0.29) is 40.7 Å². The summed E-state index contributed by atoms with van der Waals surface area (Å²) in [4.78, 5) is 31.1. The number of carboxylic acid groups (broad SMARTS) is 3. The van der Waals surface area contributed by atoms with Gasteiger partial charge in [0, 0.05) is 0 Å². The fraction of sp³-hybridized carbons (Fsp3) is 0. The third kappa shape index (κ3) is 6.09. The minimum absolute atomic E-state index is 0. The van der Waals surface area contributed by atoms with E-state index < -0.39 is 17.9 Å². The van der Waals surface area contributed by atoms with Gasteiger partial charge >= 0.3 is 47.5 Å². The maximum absolute atomic E-state index is 10.5. The Morgan fingerprint density at radius 3 is 1.23 bits per heavy atom. The molecular formula is C15H13NaO6. The Morgan fingerprint density at radius 2 is 0.955 bits per heavy atom. The fourth-order valence-electron chi connectivity index (χ4n) is 1.44. The van der Waals surface area contributed by atoms with E-state index in [4.69, 9.17) is 15.3 Å². The number of aromatic carboxylic acids is 3. The first-order valence-corrected chi connectivity index (χ1v) is 5.77. The van der Waals surface area contributed by atoms with Crippen molar-refractivity contribution in [3.05, 3.63) is 71.3 Å². The Kier molecular flexibility index (Phi) is 8.78. The van der Waals surface area contributed by atoms with Crippen molar-refractivity contribution in [3.8, 4) is 0 Å². The van der Waals surface area contributed by atoms with Gasteiger partial charge in [-0.2, -0.15) is 0 Å². The van der Waals surface area contributed by atoms with Gasteiger partial charge in [0.25, 0.3) is 0 Å². The zero-order valence-corrected chi connectivity index (χ0v) is 10.8. The molecule has 2 aromatic carbocycles. The molecule has 0 aliphatic rings. The molecule has 0 atom stereocenters. The molecule has 2 aromatic rings. The van der Waals surface area contributed by atoms with Crippen molar-refractivity contribution in [2.45, 2.75) is 0 Å². The van der Waals surface area contributed by atoms with Gasteiger partial charge in [0.2, 0.25) is 0 Å². The van der Waals surface area contributed by atoms with Crippen LogP contribution in [0.2, 0.25) is 0 Å². The van der Waals surface area contributed by atoms with Crippen LogP contribution in [0.4, 0.5) is 0 Å². The van der Waals surface area contributed by atoms with Gasteiger partial charge in [-0.1, -0.05) is 30.3 Å². The van der Waals surface area contributed by atoms with Crippen molar-refractivity contribution in [1.82, 2.24) is 0 Å². The summed E-state index contributed by atoms with van der Waals surface area (Å²) >= 11 is 0. The minimum atomic E-state index is -1.23. The zero-order chi connectivity index (χ0) is 15.8. The summed E-state index contributed by atoms with van der Waals surface area (Å²) < 4.78 is 0. The summed E-state index contributed by atoms with van der Waals surface area (Å²) in [6, 6.07) is 13.8. The molecule has 6 nitrogen and oxygen atoms in total. The fourth-order valence-corrected chi connectivity index (χ4v) is 1.44. The summed E-state index contributed by atoms with van der Waals surface area (Å²) in [5.41, 5.74) is -0.0486. The Morgan fingerprint density at radius 1 is 0.591 bits per heavy atom. The van der Waals surface area contributed by atoms with Crippen molar-refractivity contribution in [3.63, 3.8) is 0 Å². The molecule has 0 unspecified atom stereocenters. The number of rotatable bonds is 3. The van der Waals surface area contributed by atoms with Crippen LogP contribution in [-0.2, 0) is 0 Å². The van der Waals surface area contributed by atoms with E-state index in [9.17, 15) is 14.4 Å². The summed E-state index contributed by atoms with van der Waals surface area (Å²) in [6.45, 7) is 0. The molecule has 0 heterocycles. The van der Waals surface area contributed by atoms with Crippen LogP contribution < -0.4 is 0 Å². The summed E-state index contributed by atoms with van der Waals surface area (Å²) in [7, 11) is 0. The third-order valence-corrected chi connectivity index (χ3v) is 2.41. The van der Waals surface area contributed by atoms with Crippen molar-refractivity contribution >= 4 is 47.5 Å². The van der Waals surface area contributed by atoms with Crippen LogP contribution in [0.1, 0.15) is 31.1 Å². The average molecular weight is 312 g/mol. The molecule has 3 N–H and O–H groups in total. The standard InChI is InChI=1S/C8H6O4.C7H6O2.Na.H/c9-7(10)5-3-1-2-4-6(5)8(11)12;8-7(9)6-4-2-1-3-5-6;;/h1-4H,(H,9,10)(H,11,12);1-5H,(H,8,9);;. The number of benzene rings is 2. The van der Waals surface area contributed by atoms with Crippen molar-refractivity contribution in [1.29, 1.82) is 0 Å². The quantitative estimate of drug-likeness (QED) is 0.745. The molecule has 0 saturated carbocycles. The van der Waals surface area contributed by atoms with Gasteiger partial charge in [-0.15, -0.1) is 0 Å². The molecule has 0 saturated heterocycles.